The third-order valence-corrected chi connectivity index (χ3v) is 13.8. The zero-order valence-corrected chi connectivity index (χ0v) is 39.8. The van der Waals surface area contributed by atoms with Crippen LogP contribution in [0.15, 0.2) is 255 Å². The lowest BCUT2D eigenvalue weighted by molar-refractivity contribution is 1.07. The third kappa shape index (κ3) is 7.57. The van der Waals surface area contributed by atoms with Crippen LogP contribution in [0.1, 0.15) is 0 Å². The van der Waals surface area contributed by atoms with Gasteiger partial charge in [0.15, 0.2) is 34.9 Å². The number of rotatable bonds is 9. The van der Waals surface area contributed by atoms with Crippen molar-refractivity contribution in [3.8, 4) is 90.8 Å². The van der Waals surface area contributed by atoms with E-state index in [1.165, 1.54) is 21.5 Å². The smallest absolute Gasteiger partial charge is 0.164 e. The number of aromatic nitrogens is 8. The molecule has 0 aliphatic rings. The summed E-state index contributed by atoms with van der Waals surface area (Å²) in [6, 6.07) is 88.2. The predicted molar refractivity (Wildman–Crippen MR) is 300 cm³/mol. The molecule has 4 aromatic heterocycles. The fourth-order valence-electron chi connectivity index (χ4n) is 10.3. The van der Waals surface area contributed by atoms with Crippen LogP contribution in [0.25, 0.3) is 134 Å². The van der Waals surface area contributed by atoms with E-state index in [4.69, 9.17) is 29.9 Å². The summed E-state index contributed by atoms with van der Waals surface area (Å²) >= 11 is 0. The topological polar surface area (TPSA) is 87.2 Å². The average Bonchev–Trinajstić information content (AvgIpc) is 4.01. The highest BCUT2D eigenvalue weighted by molar-refractivity contribution is 6.10. The monoisotopic (exact) mass is 946 g/mol. The molecule has 14 rings (SSSR count). The Bertz CT molecular complexity index is 4320. The van der Waals surface area contributed by atoms with Gasteiger partial charge in [0.25, 0.3) is 0 Å². The second-order valence-corrected chi connectivity index (χ2v) is 18.3. The minimum Gasteiger partial charge on any atom is -0.309 e. The van der Waals surface area contributed by atoms with Gasteiger partial charge in [0.2, 0.25) is 0 Å². The Morgan fingerprint density at radius 2 is 0.473 bits per heavy atom. The zero-order chi connectivity index (χ0) is 49.0. The summed E-state index contributed by atoms with van der Waals surface area (Å²) < 4.78 is 4.63. The molecule has 10 aromatic carbocycles. The molecule has 8 heteroatoms. The molecule has 0 aliphatic heterocycles. The number of benzene rings is 10. The summed E-state index contributed by atoms with van der Waals surface area (Å²) in [6.07, 6.45) is 0. The Hall–Kier alpha value is -10.2. The molecule has 0 bridgehead atoms. The summed E-state index contributed by atoms with van der Waals surface area (Å²) in [4.78, 5) is 30.8. The van der Waals surface area contributed by atoms with Crippen LogP contribution in [-0.2, 0) is 0 Å². The maximum absolute atomic E-state index is 5.21. The molecule has 0 N–H and O–H groups in total. The van der Waals surface area contributed by atoms with E-state index in [-0.39, 0.29) is 0 Å². The van der Waals surface area contributed by atoms with E-state index in [2.05, 4.69) is 203 Å². The molecule has 0 saturated carbocycles. The van der Waals surface area contributed by atoms with Crippen LogP contribution >= 0.6 is 0 Å². The van der Waals surface area contributed by atoms with Gasteiger partial charge in [-0.3, -0.25) is 0 Å². The Morgan fingerprint density at radius 1 is 0.189 bits per heavy atom. The largest absolute Gasteiger partial charge is 0.309 e. The first-order valence-electron chi connectivity index (χ1n) is 24.7. The number of nitrogens with zero attached hydrogens (tertiary/aromatic N) is 8. The van der Waals surface area contributed by atoms with Gasteiger partial charge in [0.05, 0.1) is 22.1 Å². The molecule has 8 nitrogen and oxygen atoms in total. The number of fused-ring (bicyclic) bond motifs is 6. The fourth-order valence-corrected chi connectivity index (χ4v) is 10.3. The summed E-state index contributed by atoms with van der Waals surface area (Å²) in [6.45, 7) is 0. The SMILES string of the molecule is c1ccc(-c2nc(-c3ccc(-n4c5ccccc5c5ccccc54)cc3)nc(-c3cccc(-c4cccc(-c5nc(-c6ccccc6)nc(-c6cccc(-n7c8ccccc8c8ccccc87)c6)n5)c4)c3)n2)cc1. The lowest BCUT2D eigenvalue weighted by Crippen LogP contribution is -2.01. The van der Waals surface area contributed by atoms with Gasteiger partial charge in [-0.15, -0.1) is 0 Å². The molecule has 74 heavy (non-hydrogen) atoms. The maximum Gasteiger partial charge on any atom is 0.164 e. The molecule has 0 saturated heterocycles. The van der Waals surface area contributed by atoms with Gasteiger partial charge in [-0.05, 0) is 83.9 Å². The van der Waals surface area contributed by atoms with E-state index >= 15 is 0 Å². The Morgan fingerprint density at radius 3 is 0.878 bits per heavy atom. The summed E-state index contributed by atoms with van der Waals surface area (Å²) in [7, 11) is 0. The molecular weight excluding hydrogens is 905 g/mol. The van der Waals surface area contributed by atoms with Crippen LogP contribution in [0.2, 0.25) is 0 Å². The van der Waals surface area contributed by atoms with Gasteiger partial charge in [-0.1, -0.05) is 182 Å². The van der Waals surface area contributed by atoms with E-state index in [1.54, 1.807) is 0 Å². The molecular formula is C66H42N8. The van der Waals surface area contributed by atoms with Crippen molar-refractivity contribution in [2.75, 3.05) is 0 Å². The van der Waals surface area contributed by atoms with E-state index in [1.807, 2.05) is 60.7 Å². The predicted octanol–water partition coefficient (Wildman–Crippen LogP) is 15.9. The van der Waals surface area contributed by atoms with E-state index in [9.17, 15) is 0 Å². The molecule has 0 aliphatic carbocycles. The number of para-hydroxylation sites is 4. The van der Waals surface area contributed by atoms with Gasteiger partial charge in [-0.2, -0.15) is 0 Å². The first-order chi connectivity index (χ1) is 36.7. The zero-order valence-electron chi connectivity index (χ0n) is 39.8. The third-order valence-electron chi connectivity index (χ3n) is 13.8. The van der Waals surface area contributed by atoms with Crippen LogP contribution in [-0.4, -0.2) is 39.0 Å². The normalized spacial score (nSPS) is 11.5. The first kappa shape index (κ1) is 42.7. The van der Waals surface area contributed by atoms with Gasteiger partial charge in [0, 0.05) is 66.3 Å². The molecule has 14 aromatic rings. The van der Waals surface area contributed by atoms with Crippen LogP contribution < -0.4 is 0 Å². The highest BCUT2D eigenvalue weighted by atomic mass is 15.0. The van der Waals surface area contributed by atoms with Crippen molar-refractivity contribution in [2.24, 2.45) is 0 Å². The second-order valence-electron chi connectivity index (χ2n) is 18.3. The van der Waals surface area contributed by atoms with Crippen molar-refractivity contribution in [1.29, 1.82) is 0 Å². The average molecular weight is 947 g/mol. The minimum absolute atomic E-state index is 0.577. The highest BCUT2D eigenvalue weighted by Crippen LogP contribution is 2.36. The molecule has 0 atom stereocenters. The first-order valence-corrected chi connectivity index (χ1v) is 24.7. The van der Waals surface area contributed by atoms with Crippen molar-refractivity contribution in [2.45, 2.75) is 0 Å². The summed E-state index contributed by atoms with van der Waals surface area (Å²) in [5.41, 5.74) is 14.0. The summed E-state index contributed by atoms with van der Waals surface area (Å²) in [5.74, 6) is 3.54. The molecule has 4 heterocycles. The van der Waals surface area contributed by atoms with Crippen molar-refractivity contribution >= 4 is 43.6 Å². The fraction of sp³-hybridized carbons (Fsp3) is 0. The standard InChI is InChI=1S/C66H42N8/c1-3-18-43(19-4-1)61-67-63(45-36-38-51(39-37-45)73-57-32-11-7-28-53(57)54-29-8-12-33-58(54)73)71-64(68-61)48-24-15-22-46(40-48)47-23-16-25-49(41-47)65-69-62(44-20-5-2-6-21-44)70-66(72-65)50-26-17-27-52(42-50)74-59-34-13-9-30-55(59)56-31-10-14-35-60(56)74/h1-42H. The minimum atomic E-state index is 0.577. The number of hydrogen-bond donors (Lipinski definition) is 0. The van der Waals surface area contributed by atoms with E-state index in [0.29, 0.717) is 34.9 Å². The van der Waals surface area contributed by atoms with Crippen molar-refractivity contribution in [3.05, 3.63) is 255 Å². The van der Waals surface area contributed by atoms with Crippen molar-refractivity contribution in [3.63, 3.8) is 0 Å². The van der Waals surface area contributed by atoms with E-state index < -0.39 is 0 Å². The second kappa shape index (κ2) is 17.9. The Balaban J connectivity index is 0.837. The Kier molecular flexibility index (Phi) is 10.3. The van der Waals surface area contributed by atoms with Gasteiger partial charge in [-0.25, -0.2) is 29.9 Å². The van der Waals surface area contributed by atoms with Crippen LogP contribution in [0.4, 0.5) is 0 Å². The molecule has 0 unspecified atom stereocenters. The maximum atomic E-state index is 5.21. The van der Waals surface area contributed by atoms with Crippen molar-refractivity contribution in [1.82, 2.24) is 39.0 Å². The van der Waals surface area contributed by atoms with Crippen LogP contribution in [0.5, 0.6) is 0 Å². The quantitative estimate of drug-likeness (QED) is 0.143. The highest BCUT2D eigenvalue weighted by Gasteiger charge is 2.19. The van der Waals surface area contributed by atoms with Crippen LogP contribution in [0, 0.1) is 0 Å². The lowest BCUT2D eigenvalue weighted by Gasteiger charge is -2.12. The molecule has 0 spiro atoms. The lowest BCUT2D eigenvalue weighted by atomic mass is 10.0. The number of hydrogen-bond acceptors (Lipinski definition) is 6. The Labute approximate surface area is 426 Å². The molecule has 0 radical (unpaired) electrons. The van der Waals surface area contributed by atoms with Gasteiger partial charge in [0.1, 0.15) is 0 Å². The van der Waals surface area contributed by atoms with E-state index in [0.717, 1.165) is 77.9 Å². The molecule has 0 fully saturated rings. The molecule has 0 amide bonds. The van der Waals surface area contributed by atoms with Crippen LogP contribution in [0.3, 0.4) is 0 Å². The van der Waals surface area contributed by atoms with Gasteiger partial charge < -0.3 is 9.13 Å². The van der Waals surface area contributed by atoms with Crippen molar-refractivity contribution < 1.29 is 0 Å². The summed E-state index contributed by atoms with van der Waals surface area (Å²) in [5, 5.41) is 4.87. The van der Waals surface area contributed by atoms with Gasteiger partial charge >= 0.3 is 0 Å². The molecule has 346 valence electrons.